The van der Waals surface area contributed by atoms with Crippen molar-refractivity contribution in [1.29, 1.82) is 0 Å². The summed E-state index contributed by atoms with van der Waals surface area (Å²) in [5.74, 6) is 0.571. The van der Waals surface area contributed by atoms with E-state index < -0.39 is 5.97 Å². The van der Waals surface area contributed by atoms with Crippen molar-refractivity contribution in [2.24, 2.45) is 0 Å². The van der Waals surface area contributed by atoms with Gasteiger partial charge >= 0.3 is 5.97 Å². The van der Waals surface area contributed by atoms with Crippen LogP contribution in [0.2, 0.25) is 0 Å². The van der Waals surface area contributed by atoms with Gasteiger partial charge < -0.3 is 19.3 Å². The third-order valence-electron chi connectivity index (χ3n) is 3.70. The van der Waals surface area contributed by atoms with Gasteiger partial charge in [0.2, 0.25) is 17.6 Å². The summed E-state index contributed by atoms with van der Waals surface area (Å²) < 4.78 is 10.8. The van der Waals surface area contributed by atoms with Gasteiger partial charge in [0, 0.05) is 43.2 Å². The summed E-state index contributed by atoms with van der Waals surface area (Å²) in [6.45, 7) is 3.45. The van der Waals surface area contributed by atoms with Crippen molar-refractivity contribution in [3.05, 3.63) is 60.6 Å². The lowest BCUT2D eigenvalue weighted by Crippen LogP contribution is -2.08. The van der Waals surface area contributed by atoms with Crippen LogP contribution in [0.3, 0.4) is 0 Å². The summed E-state index contributed by atoms with van der Waals surface area (Å²) in [6, 6.07) is 10.8. The highest BCUT2D eigenvalue weighted by Gasteiger charge is 2.13. The molecule has 0 atom stereocenters. The third-order valence-corrected chi connectivity index (χ3v) is 3.70. The van der Waals surface area contributed by atoms with Gasteiger partial charge in [-0.25, -0.2) is 9.78 Å². The highest BCUT2D eigenvalue weighted by molar-refractivity contribution is 5.86. The van der Waals surface area contributed by atoms with E-state index in [1.54, 1.807) is 30.5 Å². The summed E-state index contributed by atoms with van der Waals surface area (Å²) in [7, 11) is 3.89. The number of aliphatic carboxylic acids is 1. The number of carbonyl (C=O) groups is 1. The Morgan fingerprint density at radius 3 is 2.67 bits per heavy atom. The lowest BCUT2D eigenvalue weighted by atomic mass is 10.2. The van der Waals surface area contributed by atoms with Crippen molar-refractivity contribution in [1.82, 2.24) is 15.1 Å². The molecule has 0 aliphatic heterocycles. The SMILES string of the molecule is C=C(Cc1nc(-c2ccc(Oc3cc(N(C)C)ccn3)cc2)no1)C(=O)O. The largest absolute Gasteiger partial charge is 0.478 e. The van der Waals surface area contributed by atoms with Gasteiger partial charge in [-0.15, -0.1) is 0 Å². The molecule has 0 unspecified atom stereocenters. The van der Waals surface area contributed by atoms with E-state index in [0.717, 1.165) is 5.69 Å². The van der Waals surface area contributed by atoms with E-state index in [1.807, 2.05) is 31.1 Å². The van der Waals surface area contributed by atoms with Crippen LogP contribution < -0.4 is 9.64 Å². The molecule has 8 nitrogen and oxygen atoms in total. The van der Waals surface area contributed by atoms with Crippen molar-refractivity contribution in [3.63, 3.8) is 0 Å². The Balaban J connectivity index is 1.70. The van der Waals surface area contributed by atoms with Crippen molar-refractivity contribution in [2.75, 3.05) is 19.0 Å². The summed E-state index contributed by atoms with van der Waals surface area (Å²) >= 11 is 0. The molecule has 27 heavy (non-hydrogen) atoms. The van der Waals surface area contributed by atoms with Crippen LogP contribution in [-0.2, 0) is 11.2 Å². The average molecular weight is 366 g/mol. The number of benzene rings is 1. The number of pyridine rings is 1. The first-order valence-corrected chi connectivity index (χ1v) is 8.07. The zero-order valence-electron chi connectivity index (χ0n) is 14.9. The first-order valence-electron chi connectivity index (χ1n) is 8.07. The van der Waals surface area contributed by atoms with Crippen LogP contribution in [0.4, 0.5) is 5.69 Å². The van der Waals surface area contributed by atoms with E-state index in [0.29, 0.717) is 23.0 Å². The number of ether oxygens (including phenoxy) is 1. The first-order chi connectivity index (χ1) is 12.9. The van der Waals surface area contributed by atoms with E-state index in [1.165, 1.54) is 0 Å². The molecular formula is C19H18N4O4. The number of carboxylic acid groups (broad SMARTS) is 1. The standard InChI is InChI=1S/C19H18N4O4/c1-12(19(24)25)10-17-21-18(22-27-17)13-4-6-15(7-5-13)26-16-11-14(23(2)3)8-9-20-16/h4-9,11H,1,10H2,2-3H3,(H,24,25). The summed E-state index contributed by atoms with van der Waals surface area (Å²) in [5.41, 5.74) is 1.69. The van der Waals surface area contributed by atoms with Crippen LogP contribution >= 0.6 is 0 Å². The van der Waals surface area contributed by atoms with E-state index in [4.69, 9.17) is 14.4 Å². The van der Waals surface area contributed by atoms with Gasteiger partial charge in [0.1, 0.15) is 5.75 Å². The van der Waals surface area contributed by atoms with E-state index in [9.17, 15) is 4.79 Å². The van der Waals surface area contributed by atoms with Gasteiger partial charge in [0.15, 0.2) is 0 Å². The second-order valence-corrected chi connectivity index (χ2v) is 5.97. The highest BCUT2D eigenvalue weighted by atomic mass is 16.5. The lowest BCUT2D eigenvalue weighted by molar-refractivity contribution is -0.132. The highest BCUT2D eigenvalue weighted by Crippen LogP contribution is 2.25. The van der Waals surface area contributed by atoms with Crippen molar-refractivity contribution >= 4 is 11.7 Å². The zero-order chi connectivity index (χ0) is 19.4. The minimum absolute atomic E-state index is 0.00257. The molecule has 3 rings (SSSR count). The summed E-state index contributed by atoms with van der Waals surface area (Å²) in [6.07, 6.45) is 1.68. The first kappa shape index (κ1) is 18.1. The van der Waals surface area contributed by atoms with E-state index >= 15 is 0 Å². The molecule has 0 radical (unpaired) electrons. The zero-order valence-corrected chi connectivity index (χ0v) is 14.9. The monoisotopic (exact) mass is 366 g/mol. The summed E-state index contributed by atoms with van der Waals surface area (Å²) in [4.78, 5) is 21.2. The van der Waals surface area contributed by atoms with Crippen molar-refractivity contribution < 1.29 is 19.2 Å². The normalized spacial score (nSPS) is 10.4. The van der Waals surface area contributed by atoms with E-state index in [-0.39, 0.29) is 17.9 Å². The second-order valence-electron chi connectivity index (χ2n) is 5.97. The molecule has 0 aliphatic carbocycles. The number of hydrogen-bond donors (Lipinski definition) is 1. The predicted octanol–water partition coefficient (Wildman–Crippen LogP) is 3.17. The molecule has 8 heteroatoms. The molecule has 0 spiro atoms. The van der Waals surface area contributed by atoms with Crippen LogP contribution in [-0.4, -0.2) is 40.3 Å². The maximum atomic E-state index is 10.8. The van der Waals surface area contributed by atoms with Crippen LogP contribution in [0.1, 0.15) is 5.89 Å². The maximum absolute atomic E-state index is 10.8. The number of rotatable bonds is 7. The van der Waals surface area contributed by atoms with Gasteiger partial charge in [0.25, 0.3) is 0 Å². The maximum Gasteiger partial charge on any atom is 0.331 e. The smallest absolute Gasteiger partial charge is 0.331 e. The van der Waals surface area contributed by atoms with Crippen LogP contribution in [0, 0.1) is 0 Å². The Bertz CT molecular complexity index is 964. The molecule has 0 saturated carbocycles. The number of anilines is 1. The summed E-state index contributed by atoms with van der Waals surface area (Å²) in [5, 5.41) is 12.7. The predicted molar refractivity (Wildman–Crippen MR) is 98.9 cm³/mol. The Kier molecular flexibility index (Phi) is 5.16. The van der Waals surface area contributed by atoms with Gasteiger partial charge in [-0.1, -0.05) is 11.7 Å². The molecule has 138 valence electrons. The quantitative estimate of drug-likeness (QED) is 0.636. The molecule has 2 heterocycles. The van der Waals surface area contributed by atoms with Crippen molar-refractivity contribution in [2.45, 2.75) is 6.42 Å². The fraction of sp³-hybridized carbons (Fsp3) is 0.158. The molecule has 1 aromatic carbocycles. The van der Waals surface area contributed by atoms with Crippen LogP contribution in [0.5, 0.6) is 11.6 Å². The van der Waals surface area contributed by atoms with Gasteiger partial charge in [-0.05, 0) is 30.3 Å². The van der Waals surface area contributed by atoms with Crippen LogP contribution in [0.15, 0.2) is 59.3 Å². The lowest BCUT2D eigenvalue weighted by Gasteiger charge is -2.13. The molecule has 1 N–H and O–H groups in total. The van der Waals surface area contributed by atoms with Gasteiger partial charge in [0.05, 0.1) is 6.42 Å². The number of carboxylic acids is 1. The molecule has 0 aliphatic rings. The van der Waals surface area contributed by atoms with Crippen molar-refractivity contribution in [3.8, 4) is 23.0 Å². The minimum Gasteiger partial charge on any atom is -0.478 e. The average Bonchev–Trinajstić information content (AvgIpc) is 3.11. The number of hydrogen-bond acceptors (Lipinski definition) is 7. The Labute approximate surface area is 155 Å². The fourth-order valence-electron chi connectivity index (χ4n) is 2.23. The molecule has 2 aromatic heterocycles. The molecule has 0 saturated heterocycles. The fourth-order valence-corrected chi connectivity index (χ4v) is 2.23. The van der Waals surface area contributed by atoms with Gasteiger partial charge in [-0.2, -0.15) is 4.98 Å². The molecular weight excluding hydrogens is 348 g/mol. The molecule has 3 aromatic rings. The van der Waals surface area contributed by atoms with Crippen LogP contribution in [0.25, 0.3) is 11.4 Å². The Morgan fingerprint density at radius 1 is 1.26 bits per heavy atom. The minimum atomic E-state index is -1.09. The molecule has 0 fully saturated rings. The topological polar surface area (TPSA) is 102 Å². The number of aromatic nitrogens is 3. The molecule has 0 bridgehead atoms. The van der Waals surface area contributed by atoms with Gasteiger partial charge in [-0.3, -0.25) is 0 Å². The van der Waals surface area contributed by atoms with E-state index in [2.05, 4.69) is 21.7 Å². The Hall–Kier alpha value is -3.68. The third kappa shape index (κ3) is 4.49. The molecule has 0 amide bonds. The Morgan fingerprint density at radius 2 is 2.00 bits per heavy atom. The number of nitrogens with zero attached hydrogens (tertiary/aromatic N) is 4. The second kappa shape index (κ2) is 7.69.